The highest BCUT2D eigenvalue weighted by atomic mass is 35.5. The number of nitrogens with zero attached hydrogens (tertiary/aromatic N) is 4. The number of carbonyl (C=O) groups is 2. The predicted molar refractivity (Wildman–Crippen MR) is 80.8 cm³/mol. The van der Waals surface area contributed by atoms with Crippen LogP contribution in [-0.2, 0) is 0 Å². The summed E-state index contributed by atoms with van der Waals surface area (Å²) < 4.78 is 0. The largest absolute Gasteiger partial charge is 0.335 e. The molecule has 3 amide bonds. The summed E-state index contributed by atoms with van der Waals surface area (Å²) in [7, 11) is 3.41. The van der Waals surface area contributed by atoms with E-state index in [0.717, 1.165) is 0 Å². The van der Waals surface area contributed by atoms with Crippen LogP contribution in [0.5, 0.6) is 0 Å². The number of amides is 3. The summed E-state index contributed by atoms with van der Waals surface area (Å²) in [6, 6.07) is 3.05. The molecule has 1 aliphatic rings. The smallest absolute Gasteiger partial charge is 0.319 e. The Morgan fingerprint density at radius 3 is 2.19 bits per heavy atom. The van der Waals surface area contributed by atoms with E-state index in [9.17, 15) is 9.59 Å². The number of rotatable bonds is 1. The molecular formula is C13H16Cl2N4O2. The second-order valence-corrected chi connectivity index (χ2v) is 5.67. The molecule has 1 aliphatic heterocycles. The fourth-order valence-electron chi connectivity index (χ4n) is 2.13. The molecule has 0 radical (unpaired) electrons. The van der Waals surface area contributed by atoms with Crippen molar-refractivity contribution in [2.24, 2.45) is 0 Å². The standard InChI is InChI=1S/C13H16Cl2N4O2/c1-17(2)13(21)19-7-5-18(6-8-19)12(20)9-3-4-10(14)16-11(9)15/h3-4H,5-8H2,1-2H3. The van der Waals surface area contributed by atoms with Crippen molar-refractivity contribution < 1.29 is 9.59 Å². The van der Waals surface area contributed by atoms with Gasteiger partial charge in [0.2, 0.25) is 0 Å². The van der Waals surface area contributed by atoms with Crippen molar-refractivity contribution in [2.75, 3.05) is 40.3 Å². The molecule has 0 aliphatic carbocycles. The maximum absolute atomic E-state index is 12.4. The fourth-order valence-corrected chi connectivity index (χ4v) is 2.55. The van der Waals surface area contributed by atoms with E-state index >= 15 is 0 Å². The lowest BCUT2D eigenvalue weighted by Crippen LogP contribution is -2.52. The van der Waals surface area contributed by atoms with E-state index in [1.807, 2.05) is 0 Å². The maximum Gasteiger partial charge on any atom is 0.319 e. The maximum atomic E-state index is 12.4. The number of halogens is 2. The van der Waals surface area contributed by atoms with Gasteiger partial charge in [-0.15, -0.1) is 0 Å². The molecular weight excluding hydrogens is 315 g/mol. The van der Waals surface area contributed by atoms with Gasteiger partial charge < -0.3 is 14.7 Å². The summed E-state index contributed by atoms with van der Waals surface area (Å²) >= 11 is 11.7. The van der Waals surface area contributed by atoms with Crippen LogP contribution in [0.4, 0.5) is 4.79 Å². The van der Waals surface area contributed by atoms with Gasteiger partial charge >= 0.3 is 6.03 Å². The number of urea groups is 1. The molecule has 2 heterocycles. The summed E-state index contributed by atoms with van der Waals surface area (Å²) in [5.41, 5.74) is 0.327. The average Bonchev–Trinajstić information content (AvgIpc) is 2.46. The van der Waals surface area contributed by atoms with Crippen molar-refractivity contribution in [3.05, 3.63) is 28.0 Å². The first kappa shape index (κ1) is 15.9. The molecule has 0 bridgehead atoms. The second kappa shape index (κ2) is 6.49. The molecule has 2 rings (SSSR count). The van der Waals surface area contributed by atoms with Gasteiger partial charge in [-0.05, 0) is 12.1 Å². The molecule has 1 fully saturated rings. The molecule has 0 saturated carbocycles. The number of hydrogen-bond donors (Lipinski definition) is 0. The normalized spacial score (nSPS) is 15.0. The van der Waals surface area contributed by atoms with E-state index in [-0.39, 0.29) is 22.2 Å². The third-order valence-corrected chi connectivity index (χ3v) is 3.76. The fraction of sp³-hybridized carbons (Fsp3) is 0.462. The number of pyridine rings is 1. The third kappa shape index (κ3) is 3.57. The summed E-state index contributed by atoms with van der Waals surface area (Å²) in [6.07, 6.45) is 0. The molecule has 0 atom stereocenters. The van der Waals surface area contributed by atoms with Gasteiger partial charge in [0.15, 0.2) is 0 Å². The van der Waals surface area contributed by atoms with E-state index in [0.29, 0.717) is 31.7 Å². The van der Waals surface area contributed by atoms with Crippen molar-refractivity contribution in [2.45, 2.75) is 0 Å². The minimum Gasteiger partial charge on any atom is -0.335 e. The van der Waals surface area contributed by atoms with Crippen LogP contribution in [0.15, 0.2) is 12.1 Å². The molecule has 0 spiro atoms. The molecule has 0 N–H and O–H groups in total. The van der Waals surface area contributed by atoms with Gasteiger partial charge in [-0.25, -0.2) is 9.78 Å². The van der Waals surface area contributed by atoms with Crippen LogP contribution in [0.1, 0.15) is 10.4 Å². The van der Waals surface area contributed by atoms with Crippen molar-refractivity contribution in [3.63, 3.8) is 0 Å². The lowest BCUT2D eigenvalue weighted by molar-refractivity contribution is 0.0650. The van der Waals surface area contributed by atoms with Crippen LogP contribution in [-0.4, -0.2) is 71.9 Å². The van der Waals surface area contributed by atoms with Gasteiger partial charge in [0.25, 0.3) is 5.91 Å². The number of carbonyl (C=O) groups excluding carboxylic acids is 2. The highest BCUT2D eigenvalue weighted by Crippen LogP contribution is 2.19. The molecule has 21 heavy (non-hydrogen) atoms. The number of hydrogen-bond acceptors (Lipinski definition) is 3. The minimum atomic E-state index is -0.193. The Labute approximate surface area is 133 Å². The Morgan fingerprint density at radius 2 is 1.67 bits per heavy atom. The molecule has 8 heteroatoms. The van der Waals surface area contributed by atoms with Gasteiger partial charge in [-0.2, -0.15) is 0 Å². The van der Waals surface area contributed by atoms with E-state index < -0.39 is 0 Å². The monoisotopic (exact) mass is 330 g/mol. The summed E-state index contributed by atoms with van der Waals surface area (Å²) in [6.45, 7) is 1.94. The molecule has 114 valence electrons. The molecule has 6 nitrogen and oxygen atoms in total. The molecule has 0 unspecified atom stereocenters. The Morgan fingerprint density at radius 1 is 1.10 bits per heavy atom. The van der Waals surface area contributed by atoms with Gasteiger partial charge in [-0.1, -0.05) is 23.2 Å². The summed E-state index contributed by atoms with van der Waals surface area (Å²) in [5, 5.41) is 0.345. The summed E-state index contributed by atoms with van der Waals surface area (Å²) in [5.74, 6) is -0.193. The Hall–Kier alpha value is -1.53. The van der Waals surface area contributed by atoms with Crippen molar-refractivity contribution in [1.82, 2.24) is 19.7 Å². The van der Waals surface area contributed by atoms with Crippen LogP contribution in [0.2, 0.25) is 10.3 Å². The zero-order chi connectivity index (χ0) is 15.6. The molecule has 1 aromatic rings. The lowest BCUT2D eigenvalue weighted by Gasteiger charge is -2.36. The Kier molecular flexibility index (Phi) is 4.90. The predicted octanol–water partition coefficient (Wildman–Crippen LogP) is 1.83. The topological polar surface area (TPSA) is 56.8 Å². The van der Waals surface area contributed by atoms with Crippen LogP contribution in [0.25, 0.3) is 0 Å². The second-order valence-electron chi connectivity index (χ2n) is 4.93. The lowest BCUT2D eigenvalue weighted by atomic mass is 10.2. The zero-order valence-corrected chi connectivity index (χ0v) is 13.4. The van der Waals surface area contributed by atoms with E-state index in [1.54, 1.807) is 30.0 Å². The van der Waals surface area contributed by atoms with E-state index in [2.05, 4.69) is 4.98 Å². The first-order valence-corrected chi connectivity index (χ1v) is 7.23. The Bertz CT molecular complexity index is 557. The first-order chi connectivity index (χ1) is 9.90. The number of piperazine rings is 1. The highest BCUT2D eigenvalue weighted by molar-refractivity contribution is 6.34. The average molecular weight is 331 g/mol. The van der Waals surface area contributed by atoms with Crippen molar-refractivity contribution in [3.8, 4) is 0 Å². The van der Waals surface area contributed by atoms with Gasteiger partial charge in [0.1, 0.15) is 10.3 Å². The minimum absolute atomic E-state index is 0.0479. The van der Waals surface area contributed by atoms with Crippen molar-refractivity contribution in [1.29, 1.82) is 0 Å². The van der Waals surface area contributed by atoms with Crippen LogP contribution < -0.4 is 0 Å². The summed E-state index contributed by atoms with van der Waals surface area (Å²) in [4.78, 5) is 33.0. The van der Waals surface area contributed by atoms with Gasteiger partial charge in [0.05, 0.1) is 5.56 Å². The van der Waals surface area contributed by atoms with Gasteiger partial charge in [-0.3, -0.25) is 4.79 Å². The van der Waals surface area contributed by atoms with Gasteiger partial charge in [0, 0.05) is 40.3 Å². The molecule has 1 aromatic heterocycles. The highest BCUT2D eigenvalue weighted by Gasteiger charge is 2.26. The quantitative estimate of drug-likeness (QED) is 0.738. The Balaban J connectivity index is 2.02. The molecule has 0 aromatic carbocycles. The van der Waals surface area contributed by atoms with Crippen LogP contribution in [0, 0.1) is 0 Å². The van der Waals surface area contributed by atoms with Crippen LogP contribution >= 0.6 is 23.2 Å². The zero-order valence-electron chi connectivity index (χ0n) is 11.8. The van der Waals surface area contributed by atoms with Crippen molar-refractivity contribution >= 4 is 35.1 Å². The third-order valence-electron chi connectivity index (χ3n) is 3.27. The van der Waals surface area contributed by atoms with Crippen LogP contribution in [0.3, 0.4) is 0 Å². The molecule has 1 saturated heterocycles. The van der Waals surface area contributed by atoms with E-state index in [4.69, 9.17) is 23.2 Å². The first-order valence-electron chi connectivity index (χ1n) is 6.47. The van der Waals surface area contributed by atoms with E-state index in [1.165, 1.54) is 11.0 Å². The number of aromatic nitrogens is 1. The SMILES string of the molecule is CN(C)C(=O)N1CCN(C(=O)c2ccc(Cl)nc2Cl)CC1.